The van der Waals surface area contributed by atoms with Gasteiger partial charge >= 0.3 is 6.09 Å². The Bertz CT molecular complexity index is 680. The summed E-state index contributed by atoms with van der Waals surface area (Å²) in [6, 6.07) is 3.63. The second kappa shape index (κ2) is 5.60. The third-order valence-corrected chi connectivity index (χ3v) is 2.80. The number of ether oxygens (including phenoxy) is 2. The van der Waals surface area contributed by atoms with Crippen molar-refractivity contribution in [1.29, 1.82) is 0 Å². The van der Waals surface area contributed by atoms with Gasteiger partial charge < -0.3 is 9.47 Å². The number of carbonyl (C=O) groups is 1. The van der Waals surface area contributed by atoms with Crippen molar-refractivity contribution in [2.45, 2.75) is 33.3 Å². The average Bonchev–Trinajstić information content (AvgIpc) is 2.80. The van der Waals surface area contributed by atoms with Gasteiger partial charge in [-0.05, 0) is 39.8 Å². The van der Waals surface area contributed by atoms with Gasteiger partial charge in [0.1, 0.15) is 17.0 Å². The molecule has 0 bridgehead atoms. The number of nitrogens with zero attached hydrogens (tertiary/aromatic N) is 2. The van der Waals surface area contributed by atoms with Gasteiger partial charge in [-0.2, -0.15) is 0 Å². The molecule has 0 amide bonds. The number of hydrogen-bond acceptors (Lipinski definition) is 4. The molecule has 0 aliphatic heterocycles. The first-order valence-electron chi connectivity index (χ1n) is 6.85. The van der Waals surface area contributed by atoms with Crippen LogP contribution in [0.25, 0.3) is 16.8 Å². The molecule has 0 unspecified atom stereocenters. The molecule has 0 aromatic carbocycles. The molecule has 5 heteroatoms. The van der Waals surface area contributed by atoms with Crippen LogP contribution in [0, 0.1) is 0 Å². The summed E-state index contributed by atoms with van der Waals surface area (Å²) in [5.41, 5.74) is 0.798. The van der Waals surface area contributed by atoms with Crippen molar-refractivity contribution in [2.75, 3.05) is 6.61 Å². The summed E-state index contributed by atoms with van der Waals surface area (Å²) < 4.78 is 12.2. The second-order valence-corrected chi connectivity index (χ2v) is 5.62. The van der Waals surface area contributed by atoms with Gasteiger partial charge in [0.25, 0.3) is 0 Å². The van der Waals surface area contributed by atoms with Crippen molar-refractivity contribution in [3.05, 3.63) is 36.7 Å². The Kier molecular flexibility index (Phi) is 4.02. The molecule has 21 heavy (non-hydrogen) atoms. The minimum Gasteiger partial charge on any atom is -0.494 e. The highest BCUT2D eigenvalue weighted by Crippen LogP contribution is 2.25. The second-order valence-electron chi connectivity index (χ2n) is 5.62. The third kappa shape index (κ3) is 3.24. The number of carbonyl (C=O) groups excluding carboxylic acids is 1. The number of rotatable bonds is 3. The Hall–Kier alpha value is -2.30. The largest absolute Gasteiger partial charge is 0.494 e. The lowest BCUT2D eigenvalue weighted by Gasteiger charge is -2.19. The van der Waals surface area contributed by atoms with E-state index < -0.39 is 11.7 Å². The first kappa shape index (κ1) is 15.1. The van der Waals surface area contributed by atoms with Crippen molar-refractivity contribution in [1.82, 2.24) is 9.55 Å². The molecule has 2 heterocycles. The van der Waals surface area contributed by atoms with Gasteiger partial charge in [0.15, 0.2) is 0 Å². The lowest BCUT2D eigenvalue weighted by Crippen LogP contribution is -2.26. The quantitative estimate of drug-likeness (QED) is 0.805. The van der Waals surface area contributed by atoms with E-state index in [9.17, 15) is 4.79 Å². The summed E-state index contributed by atoms with van der Waals surface area (Å²) in [5, 5.41) is 0.807. The number of fused-ring (bicyclic) bond motifs is 1. The fraction of sp³-hybridized carbons (Fsp3) is 0.375. The molecule has 0 aliphatic carbocycles. The van der Waals surface area contributed by atoms with Crippen LogP contribution in [0.5, 0.6) is 0 Å². The summed E-state index contributed by atoms with van der Waals surface area (Å²) in [6.45, 7) is 11.8. The maximum absolute atomic E-state index is 12.2. The Morgan fingerprint density at radius 1 is 1.38 bits per heavy atom. The van der Waals surface area contributed by atoms with Crippen LogP contribution in [0.1, 0.15) is 33.3 Å². The molecule has 0 radical (unpaired) electrons. The SMILES string of the molecule is C=C(OCC)c1ccnc2c1ccn2C(=O)OC(C)(C)C. The number of pyridine rings is 1. The highest BCUT2D eigenvalue weighted by atomic mass is 16.6. The lowest BCUT2D eigenvalue weighted by molar-refractivity contribution is 0.0543. The van der Waals surface area contributed by atoms with E-state index in [0.717, 1.165) is 10.9 Å². The van der Waals surface area contributed by atoms with E-state index in [0.29, 0.717) is 18.0 Å². The molecule has 2 aromatic rings. The Morgan fingerprint density at radius 3 is 2.71 bits per heavy atom. The summed E-state index contributed by atoms with van der Waals surface area (Å²) in [4.78, 5) is 16.5. The van der Waals surface area contributed by atoms with E-state index in [1.807, 2.05) is 39.8 Å². The average molecular weight is 288 g/mol. The standard InChI is InChI=1S/C16H20N2O3/c1-6-20-11(2)12-7-9-17-14-13(12)8-10-18(14)15(19)21-16(3,4)5/h7-10H,2,6H2,1,3-5H3. The van der Waals surface area contributed by atoms with Crippen molar-refractivity contribution in [3.8, 4) is 0 Å². The van der Waals surface area contributed by atoms with Crippen molar-refractivity contribution in [3.63, 3.8) is 0 Å². The molecular weight excluding hydrogens is 268 g/mol. The van der Waals surface area contributed by atoms with E-state index in [4.69, 9.17) is 9.47 Å². The summed E-state index contributed by atoms with van der Waals surface area (Å²) in [7, 11) is 0. The van der Waals surface area contributed by atoms with E-state index in [-0.39, 0.29) is 0 Å². The molecule has 0 atom stereocenters. The first-order valence-corrected chi connectivity index (χ1v) is 6.85. The Balaban J connectivity index is 2.43. The molecule has 0 saturated heterocycles. The summed E-state index contributed by atoms with van der Waals surface area (Å²) >= 11 is 0. The van der Waals surface area contributed by atoms with E-state index >= 15 is 0 Å². The summed E-state index contributed by atoms with van der Waals surface area (Å²) in [5.74, 6) is 0.562. The minimum absolute atomic E-state index is 0.454. The van der Waals surface area contributed by atoms with E-state index in [1.165, 1.54) is 4.57 Å². The smallest absolute Gasteiger partial charge is 0.420 e. The molecule has 112 valence electrons. The predicted molar refractivity (Wildman–Crippen MR) is 82.0 cm³/mol. The molecule has 0 N–H and O–H groups in total. The van der Waals surface area contributed by atoms with Crippen LogP contribution >= 0.6 is 0 Å². The number of aromatic nitrogens is 2. The zero-order chi connectivity index (χ0) is 15.6. The van der Waals surface area contributed by atoms with Crippen molar-refractivity contribution >= 4 is 22.9 Å². The maximum Gasteiger partial charge on any atom is 0.420 e. The van der Waals surface area contributed by atoms with Gasteiger partial charge in [-0.15, -0.1) is 0 Å². The van der Waals surface area contributed by atoms with E-state index in [1.54, 1.807) is 12.4 Å². The van der Waals surface area contributed by atoms with Crippen LogP contribution in [0.2, 0.25) is 0 Å². The monoisotopic (exact) mass is 288 g/mol. The molecule has 5 nitrogen and oxygen atoms in total. The van der Waals surface area contributed by atoms with Crippen LogP contribution in [-0.4, -0.2) is 27.9 Å². The van der Waals surface area contributed by atoms with Gasteiger partial charge in [0.05, 0.1) is 6.61 Å². The molecule has 0 aliphatic rings. The topological polar surface area (TPSA) is 53.4 Å². The van der Waals surface area contributed by atoms with Gasteiger partial charge in [-0.1, -0.05) is 6.58 Å². The van der Waals surface area contributed by atoms with Crippen molar-refractivity contribution < 1.29 is 14.3 Å². The minimum atomic E-state index is -0.555. The maximum atomic E-state index is 12.2. The highest BCUT2D eigenvalue weighted by Gasteiger charge is 2.20. The molecule has 0 spiro atoms. The Morgan fingerprint density at radius 2 is 2.10 bits per heavy atom. The van der Waals surface area contributed by atoms with Crippen LogP contribution in [0.15, 0.2) is 31.1 Å². The van der Waals surface area contributed by atoms with Gasteiger partial charge in [-0.25, -0.2) is 14.3 Å². The molecule has 0 fully saturated rings. The van der Waals surface area contributed by atoms with Crippen LogP contribution in [-0.2, 0) is 9.47 Å². The fourth-order valence-electron chi connectivity index (χ4n) is 1.99. The van der Waals surface area contributed by atoms with Crippen LogP contribution in [0.4, 0.5) is 4.79 Å². The molecule has 2 aromatic heterocycles. The van der Waals surface area contributed by atoms with Gasteiger partial charge in [0.2, 0.25) is 0 Å². The molecule has 0 saturated carbocycles. The summed E-state index contributed by atoms with van der Waals surface area (Å²) in [6.07, 6.45) is 2.82. The lowest BCUT2D eigenvalue weighted by atomic mass is 10.1. The van der Waals surface area contributed by atoms with Crippen molar-refractivity contribution in [2.24, 2.45) is 0 Å². The predicted octanol–water partition coefficient (Wildman–Crippen LogP) is 3.83. The zero-order valence-corrected chi connectivity index (χ0v) is 12.8. The molecule has 2 rings (SSSR count). The highest BCUT2D eigenvalue weighted by molar-refractivity contribution is 5.93. The third-order valence-electron chi connectivity index (χ3n) is 2.80. The van der Waals surface area contributed by atoms with Gasteiger partial charge in [-0.3, -0.25) is 0 Å². The number of hydrogen-bond donors (Lipinski definition) is 0. The van der Waals surface area contributed by atoms with Crippen LogP contribution in [0.3, 0.4) is 0 Å². The first-order chi connectivity index (χ1) is 9.83. The fourth-order valence-corrected chi connectivity index (χ4v) is 1.99. The Labute approximate surface area is 124 Å². The van der Waals surface area contributed by atoms with E-state index in [2.05, 4.69) is 11.6 Å². The zero-order valence-electron chi connectivity index (χ0n) is 12.8. The molecular formula is C16H20N2O3. The van der Waals surface area contributed by atoms with Crippen LogP contribution < -0.4 is 0 Å². The van der Waals surface area contributed by atoms with Gasteiger partial charge in [0, 0.05) is 23.3 Å². The normalized spacial score (nSPS) is 11.4.